The summed E-state index contributed by atoms with van der Waals surface area (Å²) in [6.45, 7) is 3.93. The van der Waals surface area contributed by atoms with Gasteiger partial charge in [-0.3, -0.25) is 4.79 Å². The molecular weight excluding hydrogens is 304 g/mol. The van der Waals surface area contributed by atoms with Crippen LogP contribution in [0.1, 0.15) is 29.1 Å². The quantitative estimate of drug-likeness (QED) is 0.585. The van der Waals surface area contributed by atoms with Crippen molar-refractivity contribution in [2.24, 2.45) is 0 Å². The Morgan fingerprint density at radius 3 is 2.39 bits per heavy atom. The largest absolute Gasteiger partial charge is 0.490 e. The van der Waals surface area contributed by atoms with Crippen molar-refractivity contribution in [1.82, 2.24) is 0 Å². The molecule has 0 unspecified atom stereocenters. The molecule has 2 nitrogen and oxygen atoms in total. The number of carbonyl (C=O) groups is 1. The summed E-state index contributed by atoms with van der Waals surface area (Å²) in [5.41, 5.74) is 2.72. The van der Waals surface area contributed by atoms with Gasteiger partial charge in [-0.1, -0.05) is 42.5 Å². The van der Waals surface area contributed by atoms with Crippen LogP contribution < -0.4 is 4.74 Å². The minimum Gasteiger partial charge on any atom is -0.490 e. The lowest BCUT2D eigenvalue weighted by molar-refractivity contribution is 0.103. The molecule has 3 aromatic rings. The van der Waals surface area contributed by atoms with Gasteiger partial charge in [0.2, 0.25) is 5.78 Å². The Hall–Kier alpha value is -2.39. The average Bonchev–Trinajstić information content (AvgIpc) is 3.09. The lowest BCUT2D eigenvalue weighted by Gasteiger charge is -2.15. The molecule has 0 N–H and O–H groups in total. The van der Waals surface area contributed by atoms with Crippen molar-refractivity contribution in [1.29, 1.82) is 0 Å². The van der Waals surface area contributed by atoms with Crippen LogP contribution >= 0.6 is 11.3 Å². The van der Waals surface area contributed by atoms with E-state index in [1.54, 1.807) is 0 Å². The van der Waals surface area contributed by atoms with Crippen molar-refractivity contribution < 1.29 is 9.53 Å². The van der Waals surface area contributed by atoms with Gasteiger partial charge in [-0.2, -0.15) is 0 Å². The van der Waals surface area contributed by atoms with Crippen LogP contribution in [0.4, 0.5) is 0 Å². The van der Waals surface area contributed by atoms with Gasteiger partial charge in [0.1, 0.15) is 5.75 Å². The Balaban J connectivity index is 2.07. The number of carbonyl (C=O) groups excluding carboxylic acids is 1. The third kappa shape index (κ3) is 3.51. The van der Waals surface area contributed by atoms with Crippen molar-refractivity contribution in [3.05, 3.63) is 76.5 Å². The standard InChI is InChI=1S/C20H18O2S/c1-14(2)22-18-11-10-16(15-7-4-3-5-8-15)13-17(18)20(21)19-9-6-12-23-19/h3-14H,1-2H3. The van der Waals surface area contributed by atoms with Crippen molar-refractivity contribution in [3.63, 3.8) is 0 Å². The zero-order valence-electron chi connectivity index (χ0n) is 13.2. The first-order valence-electron chi connectivity index (χ1n) is 7.59. The van der Waals surface area contributed by atoms with Crippen LogP contribution in [0.3, 0.4) is 0 Å². The van der Waals surface area contributed by atoms with E-state index < -0.39 is 0 Å². The Kier molecular flexibility index (Phi) is 4.58. The van der Waals surface area contributed by atoms with Gasteiger partial charge < -0.3 is 4.74 Å². The molecule has 0 spiro atoms. The molecule has 0 aliphatic heterocycles. The maximum atomic E-state index is 12.8. The smallest absolute Gasteiger partial charge is 0.206 e. The molecule has 0 saturated carbocycles. The van der Waals surface area contributed by atoms with E-state index in [1.807, 2.05) is 79.9 Å². The lowest BCUT2D eigenvalue weighted by atomic mass is 10.00. The SMILES string of the molecule is CC(C)Oc1ccc(-c2ccccc2)cc1C(=O)c1cccs1. The van der Waals surface area contributed by atoms with Crippen LogP contribution in [-0.4, -0.2) is 11.9 Å². The molecule has 0 fully saturated rings. The van der Waals surface area contributed by atoms with Crippen LogP contribution in [0.2, 0.25) is 0 Å². The molecule has 2 aromatic carbocycles. The molecule has 23 heavy (non-hydrogen) atoms. The molecule has 0 radical (unpaired) electrons. The monoisotopic (exact) mass is 322 g/mol. The molecule has 1 heterocycles. The topological polar surface area (TPSA) is 26.3 Å². The number of benzene rings is 2. The van der Waals surface area contributed by atoms with E-state index >= 15 is 0 Å². The molecular formula is C20H18O2S. The number of hydrogen-bond acceptors (Lipinski definition) is 3. The van der Waals surface area contributed by atoms with Crippen LogP contribution in [-0.2, 0) is 0 Å². The van der Waals surface area contributed by atoms with Crippen LogP contribution in [0.25, 0.3) is 11.1 Å². The summed E-state index contributed by atoms with van der Waals surface area (Å²) in [5, 5.41) is 1.91. The van der Waals surface area contributed by atoms with E-state index in [2.05, 4.69) is 0 Å². The molecule has 0 aliphatic rings. The second-order valence-electron chi connectivity index (χ2n) is 5.55. The number of ether oxygens (including phenoxy) is 1. The summed E-state index contributed by atoms with van der Waals surface area (Å²) in [6.07, 6.45) is 0.0208. The summed E-state index contributed by atoms with van der Waals surface area (Å²) < 4.78 is 5.84. The Morgan fingerprint density at radius 1 is 0.957 bits per heavy atom. The molecule has 0 aliphatic carbocycles. The highest BCUT2D eigenvalue weighted by Crippen LogP contribution is 2.30. The van der Waals surface area contributed by atoms with Crippen molar-refractivity contribution in [2.45, 2.75) is 20.0 Å². The van der Waals surface area contributed by atoms with Crippen molar-refractivity contribution in [3.8, 4) is 16.9 Å². The molecule has 3 rings (SSSR count). The van der Waals surface area contributed by atoms with Crippen molar-refractivity contribution >= 4 is 17.1 Å². The molecule has 0 bridgehead atoms. The van der Waals surface area contributed by atoms with Gasteiger partial charge in [-0.15, -0.1) is 11.3 Å². The number of rotatable bonds is 5. The molecule has 3 heteroatoms. The zero-order valence-corrected chi connectivity index (χ0v) is 14.0. The highest BCUT2D eigenvalue weighted by molar-refractivity contribution is 7.12. The first-order valence-corrected chi connectivity index (χ1v) is 8.47. The van der Waals surface area contributed by atoms with Gasteiger partial charge in [0.15, 0.2) is 0 Å². The highest BCUT2D eigenvalue weighted by atomic mass is 32.1. The van der Waals surface area contributed by atoms with E-state index in [4.69, 9.17) is 4.74 Å². The van der Waals surface area contributed by atoms with E-state index in [9.17, 15) is 4.79 Å². The van der Waals surface area contributed by atoms with Gasteiger partial charge in [0.05, 0.1) is 16.5 Å². The third-order valence-electron chi connectivity index (χ3n) is 3.44. The summed E-state index contributed by atoms with van der Waals surface area (Å²) in [5.74, 6) is 0.645. The minimum absolute atomic E-state index is 0.00781. The maximum Gasteiger partial charge on any atom is 0.206 e. The normalized spacial score (nSPS) is 10.7. The van der Waals surface area contributed by atoms with Gasteiger partial charge in [0, 0.05) is 0 Å². The fourth-order valence-electron chi connectivity index (χ4n) is 2.41. The minimum atomic E-state index is 0.00781. The fraction of sp³-hybridized carbons (Fsp3) is 0.150. The molecule has 0 amide bonds. The van der Waals surface area contributed by atoms with Gasteiger partial charge in [-0.05, 0) is 48.6 Å². The number of ketones is 1. The predicted octanol–water partition coefficient (Wildman–Crippen LogP) is 5.43. The molecule has 0 atom stereocenters. The Bertz CT molecular complexity index is 790. The van der Waals surface area contributed by atoms with Gasteiger partial charge in [0.25, 0.3) is 0 Å². The van der Waals surface area contributed by atoms with Crippen LogP contribution in [0.15, 0.2) is 66.0 Å². The van der Waals surface area contributed by atoms with E-state index in [-0.39, 0.29) is 11.9 Å². The van der Waals surface area contributed by atoms with Crippen LogP contribution in [0.5, 0.6) is 5.75 Å². The van der Waals surface area contributed by atoms with E-state index in [1.165, 1.54) is 11.3 Å². The predicted molar refractivity (Wildman–Crippen MR) is 95.4 cm³/mol. The first kappa shape index (κ1) is 15.5. The highest BCUT2D eigenvalue weighted by Gasteiger charge is 2.17. The molecule has 0 saturated heterocycles. The zero-order chi connectivity index (χ0) is 16.2. The third-order valence-corrected chi connectivity index (χ3v) is 4.31. The van der Waals surface area contributed by atoms with E-state index in [0.717, 1.165) is 16.0 Å². The summed E-state index contributed by atoms with van der Waals surface area (Å²) in [6, 6.07) is 19.6. The molecule has 1 aromatic heterocycles. The lowest BCUT2D eigenvalue weighted by Crippen LogP contribution is -2.10. The number of thiophene rings is 1. The second kappa shape index (κ2) is 6.80. The van der Waals surface area contributed by atoms with E-state index in [0.29, 0.717) is 11.3 Å². The summed E-state index contributed by atoms with van der Waals surface area (Å²) >= 11 is 1.45. The number of hydrogen-bond donors (Lipinski definition) is 0. The summed E-state index contributed by atoms with van der Waals surface area (Å²) in [7, 11) is 0. The maximum absolute atomic E-state index is 12.8. The Morgan fingerprint density at radius 2 is 1.74 bits per heavy atom. The second-order valence-corrected chi connectivity index (χ2v) is 6.50. The average molecular weight is 322 g/mol. The van der Waals surface area contributed by atoms with Gasteiger partial charge >= 0.3 is 0 Å². The fourth-order valence-corrected chi connectivity index (χ4v) is 3.09. The first-order chi connectivity index (χ1) is 11.1. The summed E-state index contributed by atoms with van der Waals surface area (Å²) in [4.78, 5) is 13.5. The Labute approximate surface area is 140 Å². The van der Waals surface area contributed by atoms with Gasteiger partial charge in [-0.25, -0.2) is 0 Å². The molecule has 116 valence electrons. The van der Waals surface area contributed by atoms with Crippen LogP contribution in [0, 0.1) is 0 Å². The van der Waals surface area contributed by atoms with Crippen molar-refractivity contribution in [2.75, 3.05) is 0 Å².